The van der Waals surface area contributed by atoms with Crippen LogP contribution in [0.3, 0.4) is 0 Å². The molecule has 1 aliphatic heterocycles. The molecule has 2 amide bonds. The molecule has 3 heterocycles. The Hall–Kier alpha value is -3.33. The number of nitrogens with zero attached hydrogens (tertiary/aromatic N) is 4. The first-order chi connectivity index (χ1) is 18.0. The van der Waals surface area contributed by atoms with Crippen molar-refractivity contribution in [2.75, 3.05) is 25.2 Å². The number of hydrogen-bond donors (Lipinski definition) is 4. The van der Waals surface area contributed by atoms with Gasteiger partial charge in [-0.3, -0.25) is 9.59 Å². The molecule has 4 rings (SSSR count). The van der Waals surface area contributed by atoms with Gasteiger partial charge in [0.15, 0.2) is 27.2 Å². The second-order valence-corrected chi connectivity index (χ2v) is 12.3. The normalized spacial score (nSPS) is 18.1. The standard InChI is InChI=1S/C24H30N6O6S2/c1-14(15-7-9-16(10-8-15)30-13-5-11-26-30)27-21(33)19(31)20(32)22(34)29-12-4-6-17(29)18-23(38(3,35)36)37-24(25-2)28-18/h5,7-11,13-14,17,19-20,31-32H,4,6,12H2,1-3H3,(H,25,28)(H,27,33)/t14-,17-,19-,20-/m1/s1. The van der Waals surface area contributed by atoms with Crippen molar-refractivity contribution in [3.63, 3.8) is 0 Å². The Morgan fingerprint density at radius 1 is 1.18 bits per heavy atom. The highest BCUT2D eigenvalue weighted by atomic mass is 32.2. The molecule has 3 aromatic rings. The molecule has 1 saturated heterocycles. The number of thiazole rings is 1. The second kappa shape index (κ2) is 11.2. The third kappa shape index (κ3) is 5.72. The number of rotatable bonds is 9. The third-order valence-corrected chi connectivity index (χ3v) is 9.29. The summed E-state index contributed by atoms with van der Waals surface area (Å²) in [5.41, 5.74) is 1.80. The number of carbonyl (C=O) groups excluding carboxylic acids is 2. The average molecular weight is 563 g/mol. The fourth-order valence-electron chi connectivity index (χ4n) is 4.38. The van der Waals surface area contributed by atoms with Crippen molar-refractivity contribution in [1.29, 1.82) is 0 Å². The van der Waals surface area contributed by atoms with Gasteiger partial charge >= 0.3 is 0 Å². The van der Waals surface area contributed by atoms with Crippen LogP contribution in [-0.4, -0.2) is 82.2 Å². The summed E-state index contributed by atoms with van der Waals surface area (Å²) in [6.45, 7) is 1.94. The molecule has 1 fully saturated rings. The lowest BCUT2D eigenvalue weighted by Gasteiger charge is -2.28. The zero-order valence-electron chi connectivity index (χ0n) is 21.1. The van der Waals surface area contributed by atoms with Crippen molar-refractivity contribution in [1.82, 2.24) is 25.0 Å². The minimum absolute atomic E-state index is 0.0340. The summed E-state index contributed by atoms with van der Waals surface area (Å²) in [5, 5.41) is 31.1. The van der Waals surface area contributed by atoms with Gasteiger partial charge < -0.3 is 25.7 Å². The summed E-state index contributed by atoms with van der Waals surface area (Å²) in [5.74, 6) is -1.78. The topological polar surface area (TPSA) is 167 Å². The number of aromatic nitrogens is 3. The van der Waals surface area contributed by atoms with Gasteiger partial charge in [-0.1, -0.05) is 23.5 Å². The molecule has 1 aromatic carbocycles. The Balaban J connectivity index is 1.44. The first-order valence-corrected chi connectivity index (χ1v) is 14.7. The van der Waals surface area contributed by atoms with Crippen LogP contribution < -0.4 is 10.6 Å². The van der Waals surface area contributed by atoms with Gasteiger partial charge in [-0.2, -0.15) is 5.10 Å². The van der Waals surface area contributed by atoms with Gasteiger partial charge in [-0.05, 0) is 43.5 Å². The van der Waals surface area contributed by atoms with Gasteiger partial charge in [0.1, 0.15) is 4.21 Å². The van der Waals surface area contributed by atoms with Gasteiger partial charge in [0, 0.05) is 32.2 Å². The highest BCUT2D eigenvalue weighted by Gasteiger charge is 2.41. The van der Waals surface area contributed by atoms with Gasteiger partial charge in [0.05, 0.1) is 23.5 Å². The van der Waals surface area contributed by atoms with Gasteiger partial charge in [-0.25, -0.2) is 18.1 Å². The van der Waals surface area contributed by atoms with Crippen LogP contribution in [0.2, 0.25) is 0 Å². The highest BCUT2D eigenvalue weighted by molar-refractivity contribution is 7.92. The molecule has 0 aliphatic carbocycles. The van der Waals surface area contributed by atoms with E-state index in [9.17, 15) is 28.2 Å². The van der Waals surface area contributed by atoms with Crippen LogP contribution in [0.15, 0.2) is 46.9 Å². The van der Waals surface area contributed by atoms with Crippen LogP contribution in [-0.2, 0) is 19.4 Å². The summed E-state index contributed by atoms with van der Waals surface area (Å²) in [6, 6.07) is 7.84. The number of likely N-dealkylation sites (tertiary alicyclic amines) is 1. The molecule has 0 bridgehead atoms. The number of aliphatic hydroxyl groups excluding tert-OH is 2. The number of anilines is 1. The number of carbonyl (C=O) groups is 2. The van der Waals surface area contributed by atoms with Gasteiger partial charge in [0.25, 0.3) is 11.8 Å². The Bertz CT molecular complexity index is 1390. The molecule has 204 valence electrons. The summed E-state index contributed by atoms with van der Waals surface area (Å²) in [6.07, 6.45) is 1.46. The molecular weight excluding hydrogens is 532 g/mol. The highest BCUT2D eigenvalue weighted by Crippen LogP contribution is 2.39. The van der Waals surface area contributed by atoms with Crippen LogP contribution in [0.4, 0.5) is 5.13 Å². The lowest BCUT2D eigenvalue weighted by Crippen LogP contribution is -2.51. The Kier molecular flexibility index (Phi) is 8.16. The van der Waals surface area contributed by atoms with Crippen molar-refractivity contribution >= 4 is 38.1 Å². The quantitative estimate of drug-likeness (QED) is 0.298. The first-order valence-electron chi connectivity index (χ1n) is 12.0. The predicted molar refractivity (Wildman–Crippen MR) is 141 cm³/mol. The molecule has 2 aromatic heterocycles. The van der Waals surface area contributed by atoms with E-state index in [1.807, 2.05) is 12.1 Å². The number of sulfone groups is 1. The molecule has 1 aliphatic rings. The lowest BCUT2D eigenvalue weighted by atomic mass is 10.1. The number of benzene rings is 1. The molecular formula is C24H30N6O6S2. The van der Waals surface area contributed by atoms with E-state index in [1.54, 1.807) is 49.2 Å². The predicted octanol–water partition coefficient (Wildman–Crippen LogP) is 1.04. The molecule has 0 saturated carbocycles. The smallest absolute Gasteiger partial charge is 0.255 e. The van der Waals surface area contributed by atoms with Crippen LogP contribution >= 0.6 is 11.3 Å². The van der Waals surface area contributed by atoms with Crippen molar-refractivity contribution in [2.24, 2.45) is 0 Å². The number of nitrogens with one attached hydrogen (secondary N) is 2. The van der Waals surface area contributed by atoms with Crippen molar-refractivity contribution in [2.45, 2.75) is 48.3 Å². The van der Waals surface area contributed by atoms with Crippen LogP contribution in [0.5, 0.6) is 0 Å². The van der Waals surface area contributed by atoms with Crippen molar-refractivity contribution in [3.8, 4) is 5.69 Å². The molecule has 12 nitrogen and oxygen atoms in total. The second-order valence-electron chi connectivity index (χ2n) is 9.07. The SMILES string of the molecule is CNc1nc([C@H]2CCCN2C(=O)[C@H](O)[C@@H](O)C(=O)N[C@H](C)c2ccc(-n3cccn3)cc2)c(S(C)(=O)=O)s1. The summed E-state index contributed by atoms with van der Waals surface area (Å²) in [4.78, 5) is 31.5. The Morgan fingerprint density at radius 3 is 2.50 bits per heavy atom. The molecule has 0 spiro atoms. The Morgan fingerprint density at radius 2 is 1.89 bits per heavy atom. The van der Waals surface area contributed by atoms with Crippen LogP contribution in [0, 0.1) is 0 Å². The van der Waals surface area contributed by atoms with E-state index in [2.05, 4.69) is 20.7 Å². The van der Waals surface area contributed by atoms with Gasteiger partial charge in [0.2, 0.25) is 0 Å². The molecule has 4 N–H and O–H groups in total. The number of amides is 2. The minimum atomic E-state index is -3.62. The summed E-state index contributed by atoms with van der Waals surface area (Å²) < 4.78 is 26.4. The van der Waals surface area contributed by atoms with Crippen LogP contribution in [0.1, 0.15) is 43.1 Å². The maximum atomic E-state index is 13.2. The fraction of sp³-hybridized carbons (Fsp3) is 0.417. The average Bonchev–Trinajstić information content (AvgIpc) is 3.67. The molecule has 14 heteroatoms. The van der Waals surface area contributed by atoms with Crippen molar-refractivity contribution in [3.05, 3.63) is 54.0 Å². The minimum Gasteiger partial charge on any atom is -0.380 e. The molecule has 38 heavy (non-hydrogen) atoms. The lowest BCUT2D eigenvalue weighted by molar-refractivity contribution is -0.154. The van der Waals surface area contributed by atoms with E-state index in [0.717, 1.165) is 28.8 Å². The van der Waals surface area contributed by atoms with Crippen LogP contribution in [0.25, 0.3) is 5.69 Å². The van der Waals surface area contributed by atoms with E-state index in [1.165, 1.54) is 4.90 Å². The zero-order valence-corrected chi connectivity index (χ0v) is 22.7. The summed E-state index contributed by atoms with van der Waals surface area (Å²) in [7, 11) is -2.01. The first kappa shape index (κ1) is 27.7. The van der Waals surface area contributed by atoms with E-state index >= 15 is 0 Å². The van der Waals surface area contributed by atoms with E-state index in [0.29, 0.717) is 18.0 Å². The number of aliphatic hydroxyl groups is 2. The molecule has 0 radical (unpaired) electrons. The zero-order chi connectivity index (χ0) is 27.6. The van der Waals surface area contributed by atoms with E-state index in [-0.39, 0.29) is 16.4 Å². The van der Waals surface area contributed by atoms with Gasteiger partial charge in [-0.15, -0.1) is 0 Å². The maximum Gasteiger partial charge on any atom is 0.255 e. The van der Waals surface area contributed by atoms with Crippen molar-refractivity contribution < 1.29 is 28.2 Å². The molecule has 0 unspecified atom stereocenters. The Labute approximate surface area is 224 Å². The number of hydrogen-bond acceptors (Lipinski definition) is 10. The molecule has 4 atom stereocenters. The monoisotopic (exact) mass is 562 g/mol. The largest absolute Gasteiger partial charge is 0.380 e. The van der Waals surface area contributed by atoms with E-state index in [4.69, 9.17) is 0 Å². The van der Waals surface area contributed by atoms with E-state index < -0.39 is 45.9 Å². The fourth-order valence-corrected chi connectivity index (χ4v) is 6.50. The summed E-state index contributed by atoms with van der Waals surface area (Å²) >= 11 is 0.962. The third-order valence-electron chi connectivity index (χ3n) is 6.36. The maximum absolute atomic E-state index is 13.2.